The molecular weight excluding hydrogens is 228 g/mol. The van der Waals surface area contributed by atoms with Crippen molar-refractivity contribution < 1.29 is 9.90 Å². The Bertz CT molecular complexity index is 420. The summed E-state index contributed by atoms with van der Waals surface area (Å²) in [5.74, 6) is 4.37. The maximum Gasteiger partial charge on any atom is 0.325 e. The summed E-state index contributed by atoms with van der Waals surface area (Å²) >= 11 is 0. The summed E-state index contributed by atoms with van der Waals surface area (Å²) in [6.07, 6.45) is 0.350. The summed E-state index contributed by atoms with van der Waals surface area (Å²) in [5, 5.41) is 9.14. The van der Waals surface area contributed by atoms with Crippen LogP contribution in [-0.4, -0.2) is 16.6 Å². The van der Waals surface area contributed by atoms with Crippen molar-refractivity contribution in [3.05, 3.63) is 35.4 Å². The normalized spacial score (nSPS) is 15.2. The highest BCUT2D eigenvalue weighted by atomic mass is 16.4. The van der Waals surface area contributed by atoms with E-state index in [0.717, 1.165) is 5.56 Å². The van der Waals surface area contributed by atoms with Gasteiger partial charge in [0, 0.05) is 6.42 Å². The third kappa shape index (κ3) is 3.31. The zero-order valence-corrected chi connectivity index (χ0v) is 11.4. The highest BCUT2D eigenvalue weighted by Crippen LogP contribution is 2.23. The zero-order chi connectivity index (χ0) is 14.0. The van der Waals surface area contributed by atoms with Crippen molar-refractivity contribution in [3.8, 4) is 0 Å². The number of aliphatic carboxylic acids is 1. The number of benzene rings is 1. The van der Waals surface area contributed by atoms with E-state index in [9.17, 15) is 4.79 Å². The van der Waals surface area contributed by atoms with Crippen LogP contribution in [0, 0.1) is 0 Å². The maximum atomic E-state index is 11.1. The highest BCUT2D eigenvalue weighted by molar-refractivity contribution is 5.78. The summed E-state index contributed by atoms with van der Waals surface area (Å²) < 4.78 is 0. The van der Waals surface area contributed by atoms with Gasteiger partial charge in [-0.1, -0.05) is 45.0 Å². The molecule has 1 aromatic rings. The fourth-order valence-corrected chi connectivity index (χ4v) is 1.72. The molecule has 0 radical (unpaired) electrons. The molecule has 4 heteroatoms. The molecule has 0 spiro atoms. The van der Waals surface area contributed by atoms with Crippen LogP contribution in [0.5, 0.6) is 0 Å². The minimum atomic E-state index is -1.14. The van der Waals surface area contributed by atoms with E-state index in [1.54, 1.807) is 6.92 Å². The number of hydrazine groups is 1. The molecule has 0 fully saturated rings. The Kier molecular flexibility index (Phi) is 4.14. The van der Waals surface area contributed by atoms with Gasteiger partial charge < -0.3 is 5.11 Å². The molecule has 100 valence electrons. The van der Waals surface area contributed by atoms with E-state index < -0.39 is 11.5 Å². The van der Waals surface area contributed by atoms with Crippen LogP contribution in [-0.2, 0) is 16.6 Å². The quantitative estimate of drug-likeness (QED) is 0.563. The summed E-state index contributed by atoms with van der Waals surface area (Å²) in [6, 6.07) is 7.99. The summed E-state index contributed by atoms with van der Waals surface area (Å²) in [7, 11) is 0. The standard InChI is InChI=1S/C14H22N2O2/c1-13(2,3)11-7-5-10(6-8-11)9-14(4,16-15)12(17)18/h5-8,16H,9,15H2,1-4H3,(H,17,18). The molecule has 0 saturated carbocycles. The van der Waals surface area contributed by atoms with Gasteiger partial charge in [0.1, 0.15) is 5.54 Å². The summed E-state index contributed by atoms with van der Waals surface area (Å²) in [6.45, 7) is 8.01. The average molecular weight is 250 g/mol. The van der Waals surface area contributed by atoms with Crippen molar-refractivity contribution in [2.24, 2.45) is 5.84 Å². The van der Waals surface area contributed by atoms with Gasteiger partial charge in [-0.2, -0.15) is 0 Å². The Morgan fingerprint density at radius 1 is 1.22 bits per heavy atom. The Hall–Kier alpha value is -1.39. The number of hydrogen-bond donors (Lipinski definition) is 3. The van der Waals surface area contributed by atoms with Gasteiger partial charge >= 0.3 is 5.97 Å². The second-order valence-corrected chi connectivity index (χ2v) is 5.91. The Morgan fingerprint density at radius 2 is 1.72 bits per heavy atom. The lowest BCUT2D eigenvalue weighted by Crippen LogP contribution is -2.54. The first-order valence-electron chi connectivity index (χ1n) is 5.99. The summed E-state index contributed by atoms with van der Waals surface area (Å²) in [5.41, 5.74) is 3.51. The van der Waals surface area contributed by atoms with Gasteiger partial charge in [-0.25, -0.2) is 5.43 Å². The van der Waals surface area contributed by atoms with E-state index in [2.05, 4.69) is 26.2 Å². The SMILES string of the molecule is CC(Cc1ccc(C(C)(C)C)cc1)(NN)C(=O)O. The molecule has 1 rings (SSSR count). The van der Waals surface area contributed by atoms with E-state index in [1.165, 1.54) is 5.56 Å². The van der Waals surface area contributed by atoms with Gasteiger partial charge in [-0.3, -0.25) is 10.6 Å². The fraction of sp³-hybridized carbons (Fsp3) is 0.500. The lowest BCUT2D eigenvalue weighted by molar-refractivity contribution is -0.144. The number of nitrogens with one attached hydrogen (secondary N) is 1. The molecule has 0 aromatic heterocycles. The predicted octanol–water partition coefficient (Wildman–Crippen LogP) is 1.83. The molecule has 18 heavy (non-hydrogen) atoms. The molecule has 1 aromatic carbocycles. The number of rotatable bonds is 4. The van der Waals surface area contributed by atoms with Crippen LogP contribution < -0.4 is 11.3 Å². The smallest absolute Gasteiger partial charge is 0.325 e. The van der Waals surface area contributed by atoms with E-state index in [4.69, 9.17) is 10.9 Å². The van der Waals surface area contributed by atoms with Crippen molar-refractivity contribution in [3.63, 3.8) is 0 Å². The van der Waals surface area contributed by atoms with Crippen molar-refractivity contribution in [2.45, 2.75) is 45.1 Å². The molecule has 0 amide bonds. The third-order valence-corrected chi connectivity index (χ3v) is 3.17. The maximum absolute atomic E-state index is 11.1. The molecule has 1 atom stereocenters. The molecule has 0 aliphatic rings. The lowest BCUT2D eigenvalue weighted by Gasteiger charge is -2.24. The van der Waals surface area contributed by atoms with E-state index in [0.29, 0.717) is 6.42 Å². The Morgan fingerprint density at radius 3 is 2.06 bits per heavy atom. The van der Waals surface area contributed by atoms with Gasteiger partial charge in [0.25, 0.3) is 0 Å². The van der Waals surface area contributed by atoms with Crippen LogP contribution in [0.1, 0.15) is 38.8 Å². The topological polar surface area (TPSA) is 75.3 Å². The van der Waals surface area contributed by atoms with Gasteiger partial charge in [0.2, 0.25) is 0 Å². The first kappa shape index (κ1) is 14.7. The number of nitrogens with two attached hydrogens (primary N) is 1. The van der Waals surface area contributed by atoms with Crippen LogP contribution in [0.4, 0.5) is 0 Å². The second kappa shape index (κ2) is 5.08. The molecule has 4 nitrogen and oxygen atoms in total. The minimum Gasteiger partial charge on any atom is -0.480 e. The van der Waals surface area contributed by atoms with E-state index in [-0.39, 0.29) is 5.41 Å². The molecule has 0 bridgehead atoms. The van der Waals surface area contributed by atoms with Crippen LogP contribution in [0.25, 0.3) is 0 Å². The zero-order valence-electron chi connectivity index (χ0n) is 11.4. The average Bonchev–Trinajstić information content (AvgIpc) is 2.28. The molecule has 0 heterocycles. The van der Waals surface area contributed by atoms with Gasteiger partial charge in [0.05, 0.1) is 0 Å². The van der Waals surface area contributed by atoms with Crippen molar-refractivity contribution in [1.29, 1.82) is 0 Å². The van der Waals surface area contributed by atoms with E-state index >= 15 is 0 Å². The van der Waals surface area contributed by atoms with Crippen LogP contribution >= 0.6 is 0 Å². The number of carboxylic acid groups (broad SMARTS) is 1. The monoisotopic (exact) mass is 250 g/mol. The van der Waals surface area contributed by atoms with Crippen molar-refractivity contribution in [2.75, 3.05) is 0 Å². The van der Waals surface area contributed by atoms with Crippen molar-refractivity contribution >= 4 is 5.97 Å². The molecule has 4 N–H and O–H groups in total. The van der Waals surface area contributed by atoms with Crippen molar-refractivity contribution in [1.82, 2.24) is 5.43 Å². The first-order chi connectivity index (χ1) is 8.19. The van der Waals surface area contributed by atoms with Gasteiger partial charge in [0.15, 0.2) is 0 Å². The largest absolute Gasteiger partial charge is 0.480 e. The first-order valence-corrected chi connectivity index (χ1v) is 5.99. The van der Waals surface area contributed by atoms with Gasteiger partial charge in [-0.15, -0.1) is 0 Å². The minimum absolute atomic E-state index is 0.0980. The van der Waals surface area contributed by atoms with E-state index in [1.807, 2.05) is 24.3 Å². The van der Waals surface area contributed by atoms with Crippen LogP contribution in [0.2, 0.25) is 0 Å². The van der Waals surface area contributed by atoms with Crippen LogP contribution in [0.3, 0.4) is 0 Å². The highest BCUT2D eigenvalue weighted by Gasteiger charge is 2.31. The lowest BCUT2D eigenvalue weighted by atomic mass is 9.85. The third-order valence-electron chi connectivity index (χ3n) is 3.17. The van der Waals surface area contributed by atoms with Gasteiger partial charge in [-0.05, 0) is 23.5 Å². The molecular formula is C14H22N2O2. The Balaban J connectivity index is 2.90. The predicted molar refractivity (Wildman–Crippen MR) is 72.2 cm³/mol. The number of carbonyl (C=O) groups is 1. The molecule has 0 saturated heterocycles. The molecule has 0 aliphatic heterocycles. The second-order valence-electron chi connectivity index (χ2n) is 5.91. The molecule has 1 unspecified atom stereocenters. The Labute approximate surface area is 108 Å². The number of hydrogen-bond acceptors (Lipinski definition) is 3. The fourth-order valence-electron chi connectivity index (χ4n) is 1.72. The number of carboxylic acids is 1. The van der Waals surface area contributed by atoms with Crippen LogP contribution in [0.15, 0.2) is 24.3 Å². The molecule has 0 aliphatic carbocycles. The summed E-state index contributed by atoms with van der Waals surface area (Å²) in [4.78, 5) is 11.1.